The Hall–Kier alpha value is -8.28. The molecule has 292 valence electrons. The van der Waals surface area contributed by atoms with Gasteiger partial charge in [-0.1, -0.05) is 176 Å². The largest absolute Gasteiger partial charge is 0.344 e. The zero-order valence-electron chi connectivity index (χ0n) is 33.7. The van der Waals surface area contributed by atoms with Crippen molar-refractivity contribution >= 4 is 55.3 Å². The van der Waals surface area contributed by atoms with E-state index in [4.69, 9.17) is 9.98 Å². The molecule has 0 aliphatic carbocycles. The summed E-state index contributed by atoms with van der Waals surface area (Å²) in [6.45, 7) is 0. The summed E-state index contributed by atoms with van der Waals surface area (Å²) in [6, 6.07) is 80.0. The zero-order chi connectivity index (χ0) is 41.0. The molecule has 5 heteroatoms. The second kappa shape index (κ2) is 14.8. The van der Waals surface area contributed by atoms with E-state index in [0.717, 1.165) is 44.9 Å². The molecule has 5 nitrogen and oxygen atoms in total. The molecule has 11 aromatic rings. The summed E-state index contributed by atoms with van der Waals surface area (Å²) in [5.74, 6) is 1.49. The third-order valence-electron chi connectivity index (χ3n) is 12.2. The summed E-state index contributed by atoms with van der Waals surface area (Å²) in [7, 11) is 0. The smallest absolute Gasteiger partial charge is 0.159 e. The normalized spacial score (nSPS) is 14.0. The topological polar surface area (TPSA) is 46.6 Å². The van der Waals surface area contributed by atoms with Crippen molar-refractivity contribution in [1.82, 2.24) is 14.5 Å². The van der Waals surface area contributed by atoms with Crippen LogP contribution in [0.15, 0.2) is 234 Å². The maximum absolute atomic E-state index is 5.34. The molecule has 0 saturated heterocycles. The summed E-state index contributed by atoms with van der Waals surface area (Å²) in [5, 5.41) is 8.61. The van der Waals surface area contributed by atoms with Crippen LogP contribution in [-0.2, 0) is 0 Å². The van der Waals surface area contributed by atoms with Crippen LogP contribution in [0.3, 0.4) is 0 Å². The van der Waals surface area contributed by atoms with Crippen LogP contribution in [0, 0.1) is 0 Å². The Balaban J connectivity index is 1.12. The van der Waals surface area contributed by atoms with Gasteiger partial charge in [0, 0.05) is 43.9 Å². The second-order valence-electron chi connectivity index (χ2n) is 15.8. The van der Waals surface area contributed by atoms with Crippen molar-refractivity contribution in [2.45, 2.75) is 6.17 Å². The fraction of sp³-hybridized carbons (Fsp3) is 0.0175. The number of nitrogens with zero attached hydrogens (tertiary/aromatic N) is 4. The maximum Gasteiger partial charge on any atom is 0.159 e. The van der Waals surface area contributed by atoms with Crippen LogP contribution in [0.1, 0.15) is 22.9 Å². The Morgan fingerprint density at radius 3 is 1.66 bits per heavy atom. The summed E-state index contributed by atoms with van der Waals surface area (Å²) >= 11 is 0. The molecule has 62 heavy (non-hydrogen) atoms. The number of benzene rings is 9. The van der Waals surface area contributed by atoms with Gasteiger partial charge in [-0.25, -0.2) is 9.98 Å². The van der Waals surface area contributed by atoms with Crippen molar-refractivity contribution in [3.63, 3.8) is 0 Å². The Bertz CT molecular complexity index is 3530. The minimum atomic E-state index is -0.411. The first-order chi connectivity index (χ1) is 30.8. The van der Waals surface area contributed by atoms with Crippen LogP contribution in [0.2, 0.25) is 0 Å². The van der Waals surface area contributed by atoms with Crippen LogP contribution in [0.5, 0.6) is 0 Å². The van der Waals surface area contributed by atoms with Gasteiger partial charge in [-0.15, -0.1) is 0 Å². The number of hydrogen-bond donors (Lipinski definition) is 1. The maximum atomic E-state index is 5.34. The molecule has 9 aromatic carbocycles. The summed E-state index contributed by atoms with van der Waals surface area (Å²) in [5.41, 5.74) is 14.6. The quantitative estimate of drug-likeness (QED) is 0.172. The molecule has 1 unspecified atom stereocenters. The van der Waals surface area contributed by atoms with Gasteiger partial charge in [0.1, 0.15) is 12.0 Å². The average molecular weight is 794 g/mol. The van der Waals surface area contributed by atoms with E-state index in [1.807, 2.05) is 24.3 Å². The highest BCUT2D eigenvalue weighted by molar-refractivity contribution is 6.22. The fourth-order valence-corrected chi connectivity index (χ4v) is 9.45. The molecule has 2 aromatic heterocycles. The third kappa shape index (κ3) is 5.86. The highest BCUT2D eigenvalue weighted by Crippen LogP contribution is 2.45. The van der Waals surface area contributed by atoms with Crippen molar-refractivity contribution in [1.29, 1.82) is 0 Å². The molecule has 0 radical (unpaired) electrons. The van der Waals surface area contributed by atoms with E-state index < -0.39 is 6.17 Å². The van der Waals surface area contributed by atoms with Crippen molar-refractivity contribution in [2.75, 3.05) is 0 Å². The standard InChI is InChI=1S/C57H39N5/c1-5-19-38(20-6-1)41-35-36-50-47(37-41)54-44(43-29-17-33-51-53(43)45-27-13-15-31-48(45)61(51)42-25-11-4-12-26-42)30-18-34-52(54)62(50)49-32-16-14-28-46(49)57-59-55(39-21-7-2-8-22-39)58-56(60-57)40-23-9-3-10-24-40/h1-37,57H,(H,58,59,60). The molecule has 1 atom stereocenters. The Morgan fingerprint density at radius 2 is 0.935 bits per heavy atom. The molecule has 0 fully saturated rings. The average Bonchev–Trinajstić information content (AvgIpc) is 3.88. The van der Waals surface area contributed by atoms with Gasteiger partial charge < -0.3 is 14.5 Å². The molecule has 3 heterocycles. The van der Waals surface area contributed by atoms with Crippen LogP contribution >= 0.6 is 0 Å². The highest BCUT2D eigenvalue weighted by atomic mass is 15.2. The summed E-state index contributed by atoms with van der Waals surface area (Å²) < 4.78 is 4.84. The SMILES string of the molecule is c1ccc(C2=NC(c3ccccc3-n3c4ccc(-c5ccccc5)cc4c4c(-c5cccc6c5c5ccccc5n6-c5ccccc5)cccc43)NC(c3ccccc3)=N2)cc1. The van der Waals surface area contributed by atoms with Gasteiger partial charge in [0.25, 0.3) is 0 Å². The van der Waals surface area contributed by atoms with Crippen LogP contribution < -0.4 is 5.32 Å². The van der Waals surface area contributed by atoms with Crippen LogP contribution in [0.4, 0.5) is 0 Å². The molecule has 12 rings (SSSR count). The van der Waals surface area contributed by atoms with Gasteiger partial charge in [0.2, 0.25) is 0 Å². The number of aliphatic imine (C=N–C) groups is 2. The fourth-order valence-electron chi connectivity index (χ4n) is 9.45. The van der Waals surface area contributed by atoms with E-state index in [0.29, 0.717) is 5.84 Å². The van der Waals surface area contributed by atoms with Crippen molar-refractivity contribution in [3.05, 3.63) is 241 Å². The van der Waals surface area contributed by atoms with Gasteiger partial charge >= 0.3 is 0 Å². The van der Waals surface area contributed by atoms with Crippen LogP contribution in [0.25, 0.3) is 77.2 Å². The second-order valence-corrected chi connectivity index (χ2v) is 15.8. The van der Waals surface area contributed by atoms with Gasteiger partial charge in [0.15, 0.2) is 5.84 Å². The minimum Gasteiger partial charge on any atom is -0.344 e. The molecule has 0 saturated carbocycles. The summed E-state index contributed by atoms with van der Waals surface area (Å²) in [4.78, 5) is 10.4. The molecular weight excluding hydrogens is 755 g/mol. The number of nitrogens with one attached hydrogen (secondary N) is 1. The molecule has 1 aliphatic heterocycles. The van der Waals surface area contributed by atoms with Gasteiger partial charge in [-0.3, -0.25) is 0 Å². The number of fused-ring (bicyclic) bond motifs is 6. The van der Waals surface area contributed by atoms with E-state index in [2.05, 4.69) is 215 Å². The molecule has 0 bridgehead atoms. The van der Waals surface area contributed by atoms with Gasteiger partial charge in [-0.2, -0.15) is 0 Å². The van der Waals surface area contributed by atoms with Crippen molar-refractivity contribution in [2.24, 2.45) is 9.98 Å². The number of hydrogen-bond acceptors (Lipinski definition) is 3. The number of amidine groups is 2. The summed E-state index contributed by atoms with van der Waals surface area (Å²) in [6.07, 6.45) is -0.411. The lowest BCUT2D eigenvalue weighted by atomic mass is 9.94. The number of rotatable bonds is 7. The van der Waals surface area contributed by atoms with Gasteiger partial charge in [-0.05, 0) is 70.8 Å². The van der Waals surface area contributed by atoms with Crippen molar-refractivity contribution < 1.29 is 0 Å². The molecule has 1 N–H and O–H groups in total. The molecular formula is C57H39N5. The zero-order valence-corrected chi connectivity index (χ0v) is 33.7. The van der Waals surface area contributed by atoms with Crippen molar-refractivity contribution in [3.8, 4) is 33.6 Å². The van der Waals surface area contributed by atoms with E-state index in [9.17, 15) is 0 Å². The Kier molecular flexibility index (Phi) is 8.49. The van der Waals surface area contributed by atoms with E-state index >= 15 is 0 Å². The lowest BCUT2D eigenvalue weighted by Gasteiger charge is -2.26. The first kappa shape index (κ1) is 35.6. The molecule has 1 aliphatic rings. The van der Waals surface area contributed by atoms with Gasteiger partial charge in [0.05, 0.1) is 27.8 Å². The van der Waals surface area contributed by atoms with Crippen LogP contribution in [-0.4, -0.2) is 20.8 Å². The first-order valence-electron chi connectivity index (χ1n) is 21.1. The highest BCUT2D eigenvalue weighted by Gasteiger charge is 2.26. The number of para-hydroxylation sites is 3. The van der Waals surface area contributed by atoms with E-state index in [1.165, 1.54) is 54.8 Å². The van der Waals surface area contributed by atoms with E-state index in [1.54, 1.807) is 0 Å². The first-order valence-corrected chi connectivity index (χ1v) is 21.1. The number of aromatic nitrogens is 2. The predicted molar refractivity (Wildman–Crippen MR) is 258 cm³/mol. The third-order valence-corrected chi connectivity index (χ3v) is 12.2. The lowest BCUT2D eigenvalue weighted by Crippen LogP contribution is -2.34. The Morgan fingerprint density at radius 1 is 0.387 bits per heavy atom. The minimum absolute atomic E-state index is 0.411. The Labute approximate surface area is 359 Å². The molecule has 0 spiro atoms. The monoisotopic (exact) mass is 793 g/mol. The van der Waals surface area contributed by atoms with E-state index in [-0.39, 0.29) is 0 Å². The predicted octanol–water partition coefficient (Wildman–Crippen LogP) is 13.7. The molecule has 0 amide bonds. The lowest BCUT2D eigenvalue weighted by molar-refractivity contribution is 0.670.